The van der Waals surface area contributed by atoms with Gasteiger partial charge in [0, 0.05) is 46.2 Å². The number of carbonyl (C=O) groups excluding carboxylic acids is 1. The zero-order chi connectivity index (χ0) is 15.4. The summed E-state index contributed by atoms with van der Waals surface area (Å²) in [5.41, 5.74) is 0. The van der Waals surface area contributed by atoms with Gasteiger partial charge in [-0.25, -0.2) is 0 Å². The van der Waals surface area contributed by atoms with E-state index < -0.39 is 0 Å². The van der Waals surface area contributed by atoms with Crippen molar-refractivity contribution in [3.05, 3.63) is 11.8 Å². The molecule has 2 saturated heterocycles. The molecule has 0 spiro atoms. The summed E-state index contributed by atoms with van der Waals surface area (Å²) in [7, 11) is 0. The Hall–Kier alpha value is -1.47. The Bertz CT molecular complexity index is 490. The van der Waals surface area contributed by atoms with Crippen LogP contribution in [0.1, 0.15) is 31.0 Å². The predicted octanol–water partition coefficient (Wildman–Crippen LogP) is 0.508. The van der Waals surface area contributed by atoms with Gasteiger partial charge in [0.15, 0.2) is 0 Å². The highest BCUT2D eigenvalue weighted by Crippen LogP contribution is 2.11. The van der Waals surface area contributed by atoms with Crippen LogP contribution in [-0.2, 0) is 11.3 Å². The topological polar surface area (TPSA) is 65.7 Å². The van der Waals surface area contributed by atoms with Crippen molar-refractivity contribution in [2.75, 3.05) is 45.8 Å². The first kappa shape index (κ1) is 15.4. The van der Waals surface area contributed by atoms with E-state index in [2.05, 4.69) is 20.0 Å². The molecule has 2 fully saturated rings. The van der Waals surface area contributed by atoms with Crippen LogP contribution < -0.4 is 0 Å². The number of hydrogen-bond acceptors (Lipinski definition) is 6. The molecule has 0 N–H and O–H groups in total. The molecule has 0 aromatic carbocycles. The molecule has 0 unspecified atom stereocenters. The SMILES string of the molecule is Cc1nnc(CN2CCN(CC(=O)N3CCCCC3)CC2)o1. The second-order valence-electron chi connectivity index (χ2n) is 6.21. The number of nitrogens with zero attached hydrogens (tertiary/aromatic N) is 5. The molecular weight excluding hydrogens is 282 g/mol. The summed E-state index contributed by atoms with van der Waals surface area (Å²) < 4.78 is 5.42. The number of carbonyl (C=O) groups is 1. The van der Waals surface area contributed by atoms with Crippen LogP contribution in [0.15, 0.2) is 4.42 Å². The molecule has 2 aliphatic heterocycles. The van der Waals surface area contributed by atoms with Crippen LogP contribution in [-0.4, -0.2) is 76.6 Å². The standard InChI is InChI=1S/C15H25N5O2/c1-13-16-17-14(22-13)11-18-7-9-19(10-8-18)12-15(21)20-5-3-2-4-6-20/h2-12H2,1H3. The number of rotatable bonds is 4. The van der Waals surface area contributed by atoms with Gasteiger partial charge in [-0.3, -0.25) is 14.6 Å². The highest BCUT2D eigenvalue weighted by molar-refractivity contribution is 5.78. The first-order valence-corrected chi connectivity index (χ1v) is 8.22. The summed E-state index contributed by atoms with van der Waals surface area (Å²) in [6.45, 7) is 8.68. The average Bonchev–Trinajstić information content (AvgIpc) is 2.95. The highest BCUT2D eigenvalue weighted by Gasteiger charge is 2.23. The Morgan fingerprint density at radius 2 is 1.68 bits per heavy atom. The summed E-state index contributed by atoms with van der Waals surface area (Å²) >= 11 is 0. The van der Waals surface area contributed by atoms with E-state index in [0.717, 1.165) is 52.1 Å². The molecule has 0 aliphatic carbocycles. The number of piperidine rings is 1. The molecule has 7 heteroatoms. The van der Waals surface area contributed by atoms with E-state index in [1.165, 1.54) is 6.42 Å². The Labute approximate surface area is 131 Å². The largest absolute Gasteiger partial charge is 0.424 e. The van der Waals surface area contributed by atoms with Crippen LogP contribution in [0.2, 0.25) is 0 Å². The van der Waals surface area contributed by atoms with Crippen molar-refractivity contribution in [1.29, 1.82) is 0 Å². The Morgan fingerprint density at radius 3 is 2.32 bits per heavy atom. The molecule has 0 bridgehead atoms. The van der Waals surface area contributed by atoms with Gasteiger partial charge in [0.1, 0.15) is 0 Å². The Balaban J connectivity index is 1.40. The lowest BCUT2D eigenvalue weighted by Gasteiger charge is -2.35. The van der Waals surface area contributed by atoms with Crippen LogP contribution in [0.4, 0.5) is 0 Å². The van der Waals surface area contributed by atoms with E-state index >= 15 is 0 Å². The number of piperazine rings is 1. The third-order valence-electron chi connectivity index (χ3n) is 4.46. The molecular formula is C15H25N5O2. The highest BCUT2D eigenvalue weighted by atomic mass is 16.4. The summed E-state index contributed by atoms with van der Waals surface area (Å²) in [4.78, 5) is 18.9. The monoisotopic (exact) mass is 307 g/mol. The number of aromatic nitrogens is 2. The third-order valence-corrected chi connectivity index (χ3v) is 4.46. The van der Waals surface area contributed by atoms with Crippen molar-refractivity contribution in [3.63, 3.8) is 0 Å². The van der Waals surface area contributed by atoms with Gasteiger partial charge in [-0.15, -0.1) is 10.2 Å². The Kier molecular flexibility index (Phi) is 5.04. The maximum atomic E-state index is 12.3. The predicted molar refractivity (Wildman–Crippen MR) is 81.2 cm³/mol. The molecule has 22 heavy (non-hydrogen) atoms. The van der Waals surface area contributed by atoms with Gasteiger partial charge in [0.25, 0.3) is 0 Å². The van der Waals surface area contributed by atoms with E-state index in [-0.39, 0.29) is 0 Å². The van der Waals surface area contributed by atoms with E-state index in [0.29, 0.717) is 30.8 Å². The number of likely N-dealkylation sites (tertiary alicyclic amines) is 1. The number of aryl methyl sites for hydroxylation is 1. The molecule has 1 amide bonds. The zero-order valence-corrected chi connectivity index (χ0v) is 13.3. The second-order valence-corrected chi connectivity index (χ2v) is 6.21. The summed E-state index contributed by atoms with van der Waals surface area (Å²) in [6.07, 6.45) is 3.57. The number of amides is 1. The lowest BCUT2D eigenvalue weighted by Crippen LogP contribution is -2.50. The average molecular weight is 307 g/mol. The van der Waals surface area contributed by atoms with E-state index in [4.69, 9.17) is 4.42 Å². The van der Waals surface area contributed by atoms with E-state index in [1.54, 1.807) is 6.92 Å². The van der Waals surface area contributed by atoms with Crippen LogP contribution >= 0.6 is 0 Å². The molecule has 1 aromatic rings. The van der Waals surface area contributed by atoms with Crippen molar-refractivity contribution in [1.82, 2.24) is 24.9 Å². The quantitative estimate of drug-likeness (QED) is 0.807. The van der Waals surface area contributed by atoms with Crippen molar-refractivity contribution in [2.45, 2.75) is 32.7 Å². The van der Waals surface area contributed by atoms with Crippen molar-refractivity contribution in [2.24, 2.45) is 0 Å². The summed E-state index contributed by atoms with van der Waals surface area (Å²) in [6, 6.07) is 0. The molecule has 3 rings (SSSR count). The van der Waals surface area contributed by atoms with Crippen LogP contribution in [0.25, 0.3) is 0 Å². The second kappa shape index (κ2) is 7.19. The van der Waals surface area contributed by atoms with Crippen LogP contribution in [0.5, 0.6) is 0 Å². The van der Waals surface area contributed by atoms with Crippen molar-refractivity contribution in [3.8, 4) is 0 Å². The maximum absolute atomic E-state index is 12.3. The van der Waals surface area contributed by atoms with Gasteiger partial charge in [-0.05, 0) is 19.3 Å². The summed E-state index contributed by atoms with van der Waals surface area (Å²) in [5.74, 6) is 1.58. The third kappa shape index (κ3) is 4.04. The smallest absolute Gasteiger partial charge is 0.236 e. The van der Waals surface area contributed by atoms with Gasteiger partial charge in [0.05, 0.1) is 13.1 Å². The molecule has 2 aliphatic rings. The number of hydrogen-bond donors (Lipinski definition) is 0. The lowest BCUT2D eigenvalue weighted by molar-refractivity contribution is -0.133. The van der Waals surface area contributed by atoms with Crippen LogP contribution in [0, 0.1) is 6.92 Å². The fourth-order valence-corrected chi connectivity index (χ4v) is 3.13. The molecule has 0 saturated carbocycles. The minimum Gasteiger partial charge on any atom is -0.424 e. The van der Waals surface area contributed by atoms with Crippen LogP contribution in [0.3, 0.4) is 0 Å². The normalized spacial score (nSPS) is 21.2. The molecule has 7 nitrogen and oxygen atoms in total. The van der Waals surface area contributed by atoms with Gasteiger partial charge in [-0.1, -0.05) is 0 Å². The Morgan fingerprint density at radius 1 is 1.00 bits per heavy atom. The van der Waals surface area contributed by atoms with E-state index in [1.807, 2.05) is 4.90 Å². The minimum absolute atomic E-state index is 0.292. The van der Waals surface area contributed by atoms with Crippen molar-refractivity contribution < 1.29 is 9.21 Å². The molecule has 1 aromatic heterocycles. The maximum Gasteiger partial charge on any atom is 0.236 e. The fraction of sp³-hybridized carbons (Fsp3) is 0.800. The molecule has 0 atom stereocenters. The summed E-state index contributed by atoms with van der Waals surface area (Å²) in [5, 5.41) is 7.89. The lowest BCUT2D eigenvalue weighted by atomic mass is 10.1. The van der Waals surface area contributed by atoms with Gasteiger partial charge < -0.3 is 9.32 Å². The molecule has 0 radical (unpaired) electrons. The van der Waals surface area contributed by atoms with Crippen molar-refractivity contribution >= 4 is 5.91 Å². The first-order chi connectivity index (χ1) is 10.7. The molecule has 3 heterocycles. The van der Waals surface area contributed by atoms with Gasteiger partial charge >= 0.3 is 0 Å². The fourth-order valence-electron chi connectivity index (χ4n) is 3.13. The zero-order valence-electron chi connectivity index (χ0n) is 13.3. The van der Waals surface area contributed by atoms with E-state index in [9.17, 15) is 4.79 Å². The minimum atomic E-state index is 0.292. The first-order valence-electron chi connectivity index (χ1n) is 8.22. The van der Waals surface area contributed by atoms with Gasteiger partial charge in [-0.2, -0.15) is 0 Å². The molecule has 122 valence electrons. The van der Waals surface area contributed by atoms with Gasteiger partial charge in [0.2, 0.25) is 17.7 Å².